The minimum Gasteiger partial charge on any atom is -0.423 e. The van der Waals surface area contributed by atoms with Crippen molar-refractivity contribution in [2.24, 2.45) is 10.8 Å². The van der Waals surface area contributed by atoms with Crippen molar-refractivity contribution < 1.29 is 23.9 Å². The van der Waals surface area contributed by atoms with Crippen molar-refractivity contribution in [3.63, 3.8) is 0 Å². The molecular weight excluding hydrogens is 492 g/mol. The molecule has 3 rings (SSSR count). The quantitative estimate of drug-likeness (QED) is 0.154. The highest BCUT2D eigenvalue weighted by Crippen LogP contribution is 2.19. The molecule has 0 aliphatic carbocycles. The molecule has 10 heteroatoms. The van der Waals surface area contributed by atoms with Crippen LogP contribution < -0.4 is 21.2 Å². The topological polar surface area (TPSA) is 140 Å². The Labute approximate surface area is 196 Å². The summed E-state index contributed by atoms with van der Waals surface area (Å²) in [7, 11) is 0. The fourth-order valence-electron chi connectivity index (χ4n) is 2.57. The van der Waals surface area contributed by atoms with Gasteiger partial charge in [-0.2, -0.15) is 5.10 Å². The van der Waals surface area contributed by atoms with Crippen LogP contribution in [0.15, 0.2) is 82.4 Å². The molecule has 0 saturated heterocycles. The average molecular weight is 509 g/mol. The average Bonchev–Trinajstić information content (AvgIpc) is 2.80. The zero-order chi connectivity index (χ0) is 23.8. The summed E-state index contributed by atoms with van der Waals surface area (Å²) in [6.07, 6.45) is 1.29. The number of nitrogens with zero attached hydrogens (tertiary/aromatic N) is 1. The molecule has 0 heterocycles. The number of nitrogens with two attached hydrogens (primary N) is 1. The second-order valence-corrected chi connectivity index (χ2v) is 7.39. The van der Waals surface area contributed by atoms with E-state index in [9.17, 15) is 19.2 Å². The standard InChI is InChI=1S/C23H17BrN4O5/c24-19-7-2-1-6-18(19)23(32)33-17-5-3-4-14(12-17)13-26-28-22(31)21(30)27-16-10-8-15(9-11-16)20(25)29/h1-13H,(H2,25,29)(H,27,30)(H,28,31)/b26-13+. The van der Waals surface area contributed by atoms with Gasteiger partial charge in [-0.3, -0.25) is 14.4 Å². The summed E-state index contributed by atoms with van der Waals surface area (Å²) in [5.74, 6) is -2.81. The first-order valence-corrected chi connectivity index (χ1v) is 10.2. The summed E-state index contributed by atoms with van der Waals surface area (Å²) >= 11 is 3.30. The van der Waals surface area contributed by atoms with Gasteiger partial charge >= 0.3 is 17.8 Å². The number of anilines is 1. The van der Waals surface area contributed by atoms with Gasteiger partial charge < -0.3 is 15.8 Å². The van der Waals surface area contributed by atoms with Crippen molar-refractivity contribution >= 4 is 51.5 Å². The van der Waals surface area contributed by atoms with E-state index in [0.717, 1.165) is 0 Å². The van der Waals surface area contributed by atoms with E-state index in [1.54, 1.807) is 48.5 Å². The highest BCUT2D eigenvalue weighted by Gasteiger charge is 2.14. The molecule has 33 heavy (non-hydrogen) atoms. The Hall–Kier alpha value is -4.31. The Balaban J connectivity index is 1.56. The van der Waals surface area contributed by atoms with Gasteiger partial charge in [0.2, 0.25) is 5.91 Å². The second-order valence-electron chi connectivity index (χ2n) is 6.54. The third-order valence-electron chi connectivity index (χ3n) is 4.18. The third kappa shape index (κ3) is 6.58. The van der Waals surface area contributed by atoms with Crippen LogP contribution in [0.4, 0.5) is 5.69 Å². The van der Waals surface area contributed by atoms with Gasteiger partial charge in [0.1, 0.15) is 5.75 Å². The van der Waals surface area contributed by atoms with Gasteiger partial charge in [-0.1, -0.05) is 24.3 Å². The third-order valence-corrected chi connectivity index (χ3v) is 4.87. The summed E-state index contributed by atoms with van der Waals surface area (Å²) in [6.45, 7) is 0. The number of amides is 3. The van der Waals surface area contributed by atoms with Crippen molar-refractivity contribution in [1.82, 2.24) is 5.43 Å². The molecule has 9 nitrogen and oxygen atoms in total. The Kier molecular flexibility index (Phi) is 7.66. The van der Waals surface area contributed by atoms with Gasteiger partial charge in [-0.25, -0.2) is 10.2 Å². The first-order chi connectivity index (χ1) is 15.8. The molecule has 3 amide bonds. The number of hydrogen-bond donors (Lipinski definition) is 3. The molecule has 0 spiro atoms. The minimum atomic E-state index is -0.998. The maximum Gasteiger partial charge on any atom is 0.344 e. The fraction of sp³-hybridized carbons (Fsp3) is 0. The highest BCUT2D eigenvalue weighted by atomic mass is 79.9. The SMILES string of the molecule is NC(=O)c1ccc(NC(=O)C(=O)N/N=C/c2cccc(OC(=O)c3ccccc3Br)c2)cc1. The molecule has 4 N–H and O–H groups in total. The minimum absolute atomic E-state index is 0.270. The molecule has 0 saturated carbocycles. The number of esters is 1. The molecule has 0 unspecified atom stereocenters. The van der Waals surface area contributed by atoms with Gasteiger partial charge in [0, 0.05) is 15.7 Å². The van der Waals surface area contributed by atoms with Gasteiger partial charge in [0.05, 0.1) is 11.8 Å². The number of halogens is 1. The van der Waals surface area contributed by atoms with Crippen LogP contribution in [0.3, 0.4) is 0 Å². The molecule has 0 aromatic heterocycles. The first kappa shape index (κ1) is 23.4. The number of ether oxygens (including phenoxy) is 1. The predicted octanol–water partition coefficient (Wildman–Crippen LogP) is 2.86. The van der Waals surface area contributed by atoms with Crippen molar-refractivity contribution in [3.8, 4) is 5.75 Å². The largest absolute Gasteiger partial charge is 0.423 e. The number of carbonyl (C=O) groups is 4. The molecule has 0 bridgehead atoms. The summed E-state index contributed by atoms with van der Waals surface area (Å²) < 4.78 is 5.97. The zero-order valence-electron chi connectivity index (χ0n) is 16.9. The van der Waals surface area contributed by atoms with Gasteiger partial charge in [-0.15, -0.1) is 0 Å². The monoisotopic (exact) mass is 508 g/mol. The number of benzene rings is 3. The number of carbonyl (C=O) groups excluding carboxylic acids is 4. The second kappa shape index (κ2) is 10.8. The lowest BCUT2D eigenvalue weighted by Gasteiger charge is -2.06. The lowest BCUT2D eigenvalue weighted by molar-refractivity contribution is -0.136. The molecule has 3 aromatic carbocycles. The van der Waals surface area contributed by atoms with Crippen LogP contribution >= 0.6 is 15.9 Å². The summed E-state index contributed by atoms with van der Waals surface area (Å²) in [6, 6.07) is 19.1. The Bertz CT molecular complexity index is 1240. The van der Waals surface area contributed by atoms with E-state index in [-0.39, 0.29) is 11.3 Å². The summed E-state index contributed by atoms with van der Waals surface area (Å²) in [4.78, 5) is 47.3. The molecule has 3 aromatic rings. The van der Waals surface area contributed by atoms with Crippen molar-refractivity contribution in [2.45, 2.75) is 0 Å². The van der Waals surface area contributed by atoms with Crippen LogP contribution in [0.25, 0.3) is 0 Å². The van der Waals surface area contributed by atoms with E-state index >= 15 is 0 Å². The predicted molar refractivity (Wildman–Crippen MR) is 125 cm³/mol. The van der Waals surface area contributed by atoms with E-state index in [2.05, 4.69) is 31.8 Å². The number of rotatable bonds is 6. The van der Waals surface area contributed by atoms with Crippen LogP contribution in [0.5, 0.6) is 5.75 Å². The van der Waals surface area contributed by atoms with E-state index in [0.29, 0.717) is 21.3 Å². The maximum atomic E-state index is 12.3. The van der Waals surface area contributed by atoms with Crippen molar-refractivity contribution in [2.75, 3.05) is 5.32 Å². The van der Waals surface area contributed by atoms with E-state index < -0.39 is 23.7 Å². The molecule has 0 fully saturated rings. The lowest BCUT2D eigenvalue weighted by Crippen LogP contribution is -2.32. The number of nitrogens with one attached hydrogen (secondary N) is 2. The Morgan fingerprint density at radius 3 is 2.33 bits per heavy atom. The normalized spacial score (nSPS) is 10.5. The Morgan fingerprint density at radius 2 is 1.64 bits per heavy atom. The number of hydrogen-bond acceptors (Lipinski definition) is 6. The van der Waals surface area contributed by atoms with Crippen LogP contribution in [-0.2, 0) is 9.59 Å². The van der Waals surface area contributed by atoms with Gasteiger partial charge in [0.25, 0.3) is 0 Å². The van der Waals surface area contributed by atoms with Gasteiger partial charge in [-0.05, 0) is 70.0 Å². The fourth-order valence-corrected chi connectivity index (χ4v) is 3.02. The smallest absolute Gasteiger partial charge is 0.344 e. The molecular formula is C23H17BrN4O5. The molecule has 166 valence electrons. The maximum absolute atomic E-state index is 12.3. The molecule has 0 aliphatic heterocycles. The van der Waals surface area contributed by atoms with Crippen LogP contribution in [-0.4, -0.2) is 29.9 Å². The summed E-state index contributed by atoms with van der Waals surface area (Å²) in [5, 5.41) is 6.11. The lowest BCUT2D eigenvalue weighted by atomic mass is 10.2. The molecule has 0 radical (unpaired) electrons. The molecule has 0 aliphatic rings. The number of hydrazone groups is 1. The summed E-state index contributed by atoms with van der Waals surface area (Å²) in [5.41, 5.74) is 8.73. The van der Waals surface area contributed by atoms with Crippen LogP contribution in [0, 0.1) is 0 Å². The van der Waals surface area contributed by atoms with Crippen LogP contribution in [0.2, 0.25) is 0 Å². The van der Waals surface area contributed by atoms with E-state index in [4.69, 9.17) is 10.5 Å². The first-order valence-electron chi connectivity index (χ1n) is 9.44. The van der Waals surface area contributed by atoms with E-state index in [1.165, 1.54) is 30.5 Å². The molecule has 0 atom stereocenters. The Morgan fingerprint density at radius 1 is 0.909 bits per heavy atom. The zero-order valence-corrected chi connectivity index (χ0v) is 18.5. The highest BCUT2D eigenvalue weighted by molar-refractivity contribution is 9.10. The number of primary amides is 1. The van der Waals surface area contributed by atoms with E-state index in [1.807, 2.05) is 0 Å². The van der Waals surface area contributed by atoms with Crippen LogP contribution in [0.1, 0.15) is 26.3 Å². The van der Waals surface area contributed by atoms with Crippen molar-refractivity contribution in [1.29, 1.82) is 0 Å². The van der Waals surface area contributed by atoms with Crippen molar-refractivity contribution in [3.05, 3.63) is 94.0 Å². The van der Waals surface area contributed by atoms with Gasteiger partial charge in [0.15, 0.2) is 0 Å².